The molecule has 238 valence electrons. The van der Waals surface area contributed by atoms with Crippen LogP contribution in [0.25, 0.3) is 0 Å². The van der Waals surface area contributed by atoms with E-state index in [0.29, 0.717) is 25.9 Å². The molecule has 0 bridgehead atoms. The molecule has 3 amide bonds. The number of ketones is 1. The number of Topliss-reactive ketones (excluding diaryl/α,β-unsaturated/α-hetero) is 1. The summed E-state index contributed by atoms with van der Waals surface area (Å²) in [5.74, 6) is -0.677. The number of hydrogen-bond donors (Lipinski definition) is 4. The molecule has 2 saturated heterocycles. The van der Waals surface area contributed by atoms with Gasteiger partial charge < -0.3 is 31.3 Å². The van der Waals surface area contributed by atoms with Gasteiger partial charge in [0.2, 0.25) is 11.8 Å². The molecule has 2 aliphatic heterocycles. The average molecular weight is 606 g/mol. The van der Waals surface area contributed by atoms with Crippen molar-refractivity contribution in [3.8, 4) is 0 Å². The van der Waals surface area contributed by atoms with E-state index in [1.165, 1.54) is 0 Å². The Morgan fingerprint density at radius 1 is 0.955 bits per heavy atom. The molecular formula is C34H47N5O5. The number of benzene rings is 2. The number of rotatable bonds is 14. The molecule has 2 fully saturated rings. The summed E-state index contributed by atoms with van der Waals surface area (Å²) in [6, 6.07) is 14.8. The molecule has 44 heavy (non-hydrogen) atoms. The predicted octanol–water partition coefficient (Wildman–Crippen LogP) is 3.15. The van der Waals surface area contributed by atoms with Crippen molar-refractivity contribution in [3.05, 3.63) is 71.3 Å². The summed E-state index contributed by atoms with van der Waals surface area (Å²) in [6.07, 6.45) is 5.74. The zero-order valence-corrected chi connectivity index (χ0v) is 25.8. The van der Waals surface area contributed by atoms with E-state index >= 15 is 0 Å². The molecule has 0 radical (unpaired) electrons. The molecule has 2 heterocycles. The zero-order chi connectivity index (χ0) is 31.3. The van der Waals surface area contributed by atoms with Crippen LogP contribution in [0.15, 0.2) is 54.6 Å². The van der Waals surface area contributed by atoms with Crippen LogP contribution in [0, 0.1) is 6.92 Å². The van der Waals surface area contributed by atoms with Crippen LogP contribution in [0.2, 0.25) is 0 Å². The maximum Gasteiger partial charge on any atom is 0.408 e. The zero-order valence-electron chi connectivity index (χ0n) is 25.8. The van der Waals surface area contributed by atoms with Gasteiger partial charge in [0.15, 0.2) is 5.78 Å². The number of carbonyl (C=O) groups excluding carboxylic acids is 4. The monoisotopic (exact) mass is 605 g/mol. The summed E-state index contributed by atoms with van der Waals surface area (Å²) in [4.78, 5) is 55.4. The molecule has 0 spiro atoms. The Morgan fingerprint density at radius 2 is 1.70 bits per heavy atom. The van der Waals surface area contributed by atoms with Gasteiger partial charge in [0.25, 0.3) is 0 Å². The SMILES string of the molecule is Cc1ccc(CC(NC(=O)OCc2ccccc2)C(=O)NC2CCCCC3CCC(C(=O)CNCCCCN)N3C2=O)cc1. The first-order valence-electron chi connectivity index (χ1n) is 15.9. The van der Waals surface area contributed by atoms with Gasteiger partial charge in [-0.1, -0.05) is 73.0 Å². The van der Waals surface area contributed by atoms with Crippen molar-refractivity contribution < 1.29 is 23.9 Å². The van der Waals surface area contributed by atoms with E-state index in [9.17, 15) is 19.2 Å². The van der Waals surface area contributed by atoms with E-state index in [-0.39, 0.29) is 37.3 Å². The number of nitrogens with one attached hydrogen (secondary N) is 3. The van der Waals surface area contributed by atoms with E-state index in [1.54, 1.807) is 4.90 Å². The smallest absolute Gasteiger partial charge is 0.408 e. The van der Waals surface area contributed by atoms with Crippen molar-refractivity contribution in [2.45, 2.75) is 95.5 Å². The Hall–Kier alpha value is -3.76. The van der Waals surface area contributed by atoms with E-state index in [4.69, 9.17) is 10.5 Å². The molecule has 4 atom stereocenters. The van der Waals surface area contributed by atoms with Crippen LogP contribution in [0.1, 0.15) is 68.1 Å². The van der Waals surface area contributed by atoms with Crippen molar-refractivity contribution in [1.29, 1.82) is 0 Å². The van der Waals surface area contributed by atoms with Crippen LogP contribution in [0.3, 0.4) is 0 Å². The topological polar surface area (TPSA) is 143 Å². The Kier molecular flexibility index (Phi) is 12.7. The maximum atomic E-state index is 14.0. The molecule has 0 aliphatic carbocycles. The van der Waals surface area contributed by atoms with Gasteiger partial charge in [-0.05, 0) is 69.7 Å². The number of nitrogens with two attached hydrogens (primary N) is 1. The minimum atomic E-state index is -0.955. The minimum absolute atomic E-state index is 0.000626. The fourth-order valence-electron chi connectivity index (χ4n) is 6.05. The quantitative estimate of drug-likeness (QED) is 0.242. The van der Waals surface area contributed by atoms with Crippen molar-refractivity contribution in [2.75, 3.05) is 19.6 Å². The van der Waals surface area contributed by atoms with E-state index in [1.807, 2.05) is 61.5 Å². The van der Waals surface area contributed by atoms with Crippen molar-refractivity contribution in [1.82, 2.24) is 20.9 Å². The van der Waals surface area contributed by atoms with E-state index in [0.717, 1.165) is 55.2 Å². The number of unbranched alkanes of at least 4 members (excludes halogenated alkanes) is 1. The van der Waals surface area contributed by atoms with Crippen LogP contribution in [-0.4, -0.2) is 72.4 Å². The third kappa shape index (κ3) is 9.62. The first-order valence-corrected chi connectivity index (χ1v) is 15.9. The first-order chi connectivity index (χ1) is 21.4. The van der Waals surface area contributed by atoms with Gasteiger partial charge in [0, 0.05) is 12.5 Å². The number of alkyl carbamates (subject to hydrolysis) is 1. The van der Waals surface area contributed by atoms with Gasteiger partial charge in [-0.3, -0.25) is 14.4 Å². The molecule has 10 nitrogen and oxygen atoms in total. The first kappa shape index (κ1) is 33.1. The van der Waals surface area contributed by atoms with Crippen molar-refractivity contribution in [2.24, 2.45) is 5.73 Å². The summed E-state index contributed by atoms with van der Waals surface area (Å²) in [5, 5.41) is 8.87. The lowest BCUT2D eigenvalue weighted by molar-refractivity contribution is -0.143. The average Bonchev–Trinajstić information content (AvgIpc) is 3.44. The maximum absolute atomic E-state index is 14.0. The highest BCUT2D eigenvalue weighted by atomic mass is 16.5. The molecule has 5 N–H and O–H groups in total. The lowest BCUT2D eigenvalue weighted by Gasteiger charge is -2.35. The second-order valence-electron chi connectivity index (χ2n) is 11.9. The van der Waals surface area contributed by atoms with Gasteiger partial charge in [0.1, 0.15) is 18.7 Å². The normalized spacial score (nSPS) is 20.6. The van der Waals surface area contributed by atoms with E-state index in [2.05, 4.69) is 16.0 Å². The Balaban J connectivity index is 1.43. The van der Waals surface area contributed by atoms with Crippen LogP contribution < -0.4 is 21.7 Å². The Bertz CT molecular complexity index is 1240. The van der Waals surface area contributed by atoms with Gasteiger partial charge in [-0.15, -0.1) is 0 Å². The molecule has 2 aliphatic rings. The van der Waals surface area contributed by atoms with Crippen LogP contribution in [0.5, 0.6) is 0 Å². The summed E-state index contributed by atoms with van der Waals surface area (Å²) in [5.41, 5.74) is 8.34. The van der Waals surface area contributed by atoms with Crippen LogP contribution >= 0.6 is 0 Å². The summed E-state index contributed by atoms with van der Waals surface area (Å²) < 4.78 is 5.41. The van der Waals surface area contributed by atoms with Crippen molar-refractivity contribution >= 4 is 23.7 Å². The standard InChI is InChI=1S/C34H47N5O5/c1-24-13-15-25(16-14-24)21-29(38-34(43)44-23-26-9-3-2-4-10-26)32(41)37-28-12-6-5-11-27-17-18-30(39(27)33(28)42)31(40)22-36-20-8-7-19-35/h2-4,9-10,13-16,27-30,36H,5-8,11-12,17-23,35H2,1H3,(H,37,41)(H,38,43). The number of hydrogen-bond acceptors (Lipinski definition) is 7. The number of ether oxygens (including phenoxy) is 1. The number of fused-ring (bicyclic) bond motifs is 1. The highest BCUT2D eigenvalue weighted by molar-refractivity contribution is 5.95. The largest absolute Gasteiger partial charge is 0.445 e. The van der Waals surface area contributed by atoms with Gasteiger partial charge in [-0.25, -0.2) is 4.79 Å². The lowest BCUT2D eigenvalue weighted by Crippen LogP contribution is -2.58. The highest BCUT2D eigenvalue weighted by Crippen LogP contribution is 2.31. The van der Waals surface area contributed by atoms with Crippen LogP contribution in [0.4, 0.5) is 4.79 Å². The van der Waals surface area contributed by atoms with E-state index < -0.39 is 30.1 Å². The molecule has 2 aromatic rings. The third-order valence-electron chi connectivity index (χ3n) is 8.51. The molecule has 2 aromatic carbocycles. The summed E-state index contributed by atoms with van der Waals surface area (Å²) >= 11 is 0. The molecule has 4 unspecified atom stereocenters. The number of aryl methyl sites for hydroxylation is 1. The molecule has 0 aromatic heterocycles. The number of carbonyl (C=O) groups is 4. The van der Waals surface area contributed by atoms with Crippen molar-refractivity contribution in [3.63, 3.8) is 0 Å². The third-order valence-corrected chi connectivity index (χ3v) is 8.51. The number of amides is 3. The molecule has 4 rings (SSSR count). The lowest BCUT2D eigenvalue weighted by atomic mass is 9.98. The van der Waals surface area contributed by atoms with Gasteiger partial charge >= 0.3 is 6.09 Å². The fourth-order valence-corrected chi connectivity index (χ4v) is 6.05. The van der Waals surface area contributed by atoms with Gasteiger partial charge in [-0.2, -0.15) is 0 Å². The Morgan fingerprint density at radius 3 is 2.45 bits per heavy atom. The molecular weight excluding hydrogens is 558 g/mol. The number of nitrogens with zero attached hydrogens (tertiary/aromatic N) is 1. The summed E-state index contributed by atoms with van der Waals surface area (Å²) in [7, 11) is 0. The second kappa shape index (κ2) is 16.9. The molecule has 0 saturated carbocycles. The van der Waals surface area contributed by atoms with Gasteiger partial charge in [0.05, 0.1) is 12.6 Å². The Labute approximate surface area is 260 Å². The second-order valence-corrected chi connectivity index (χ2v) is 11.9. The van der Waals surface area contributed by atoms with Crippen LogP contribution in [-0.2, 0) is 32.1 Å². The highest BCUT2D eigenvalue weighted by Gasteiger charge is 2.43. The summed E-state index contributed by atoms with van der Waals surface area (Å²) in [6.45, 7) is 3.58. The fraction of sp³-hybridized carbons (Fsp3) is 0.529. The molecule has 10 heteroatoms. The predicted molar refractivity (Wildman–Crippen MR) is 169 cm³/mol. The minimum Gasteiger partial charge on any atom is -0.445 e.